The van der Waals surface area contributed by atoms with Gasteiger partial charge in [-0.15, -0.1) is 0 Å². The summed E-state index contributed by atoms with van der Waals surface area (Å²) < 4.78 is 14.8. The van der Waals surface area contributed by atoms with Crippen molar-refractivity contribution >= 4 is 22.5 Å². The topological polar surface area (TPSA) is 39.5 Å². The lowest BCUT2D eigenvalue weighted by Gasteiger charge is -2.31. The quantitative estimate of drug-likeness (QED) is 0.672. The molecule has 4 heterocycles. The molecule has 5 rings (SSSR count). The molecule has 1 aromatic carbocycles. The molecule has 5 nitrogen and oxygen atoms in total. The Labute approximate surface area is 169 Å². The van der Waals surface area contributed by atoms with Crippen molar-refractivity contribution in [1.82, 2.24) is 14.5 Å². The third-order valence-corrected chi connectivity index (χ3v) is 6.12. The summed E-state index contributed by atoms with van der Waals surface area (Å²) in [6.45, 7) is 5.71. The molecule has 2 aliphatic heterocycles. The standard InChI is InChI=1S/C22H24ClN3O2/c1-15-3-4-16(12-24-15)22(27-9-10-28-22)14-26-20-6-5-17(23)11-19(20)18-7-8-25(2)13-21(18)26/h3-6,11-12H,7-10,13-14H2,1-2H3. The lowest BCUT2D eigenvalue weighted by molar-refractivity contribution is -0.176. The van der Waals surface area contributed by atoms with Gasteiger partial charge in [0.25, 0.3) is 0 Å². The number of likely N-dealkylation sites (N-methyl/N-ethyl adjacent to an activating group) is 1. The Hall–Kier alpha value is -1.92. The SMILES string of the molecule is Cc1ccc(C2(Cn3c4c(c5cc(Cl)ccc53)CCN(C)C4)OCCO2)cn1. The minimum atomic E-state index is -0.809. The third-order valence-electron chi connectivity index (χ3n) is 5.88. The largest absolute Gasteiger partial charge is 0.342 e. The van der Waals surface area contributed by atoms with E-state index in [0.29, 0.717) is 19.8 Å². The number of pyridine rings is 1. The van der Waals surface area contributed by atoms with Gasteiger partial charge >= 0.3 is 0 Å². The van der Waals surface area contributed by atoms with E-state index in [2.05, 4.69) is 39.7 Å². The first-order valence-corrected chi connectivity index (χ1v) is 10.1. The summed E-state index contributed by atoms with van der Waals surface area (Å²) in [6.07, 6.45) is 2.90. The summed E-state index contributed by atoms with van der Waals surface area (Å²) in [7, 11) is 2.17. The molecule has 0 unspecified atom stereocenters. The first-order chi connectivity index (χ1) is 13.6. The second-order valence-corrected chi connectivity index (χ2v) is 8.24. The molecular weight excluding hydrogens is 374 g/mol. The minimum Gasteiger partial charge on any atom is -0.342 e. The zero-order valence-corrected chi connectivity index (χ0v) is 17.0. The summed E-state index contributed by atoms with van der Waals surface area (Å²) in [5.41, 5.74) is 5.85. The Balaban J connectivity index is 1.66. The molecule has 6 heteroatoms. The maximum absolute atomic E-state index is 6.33. The third kappa shape index (κ3) is 2.94. The Morgan fingerprint density at radius 2 is 2.00 bits per heavy atom. The number of rotatable bonds is 3. The Morgan fingerprint density at radius 1 is 1.18 bits per heavy atom. The summed E-state index contributed by atoms with van der Waals surface area (Å²) in [5, 5.41) is 2.02. The molecule has 0 amide bonds. The number of benzene rings is 1. The number of nitrogens with zero attached hydrogens (tertiary/aromatic N) is 3. The maximum atomic E-state index is 6.33. The van der Waals surface area contributed by atoms with Gasteiger partial charge in [-0.2, -0.15) is 0 Å². The lowest BCUT2D eigenvalue weighted by Crippen LogP contribution is -2.35. The van der Waals surface area contributed by atoms with Crippen molar-refractivity contribution in [3.8, 4) is 0 Å². The predicted molar refractivity (Wildman–Crippen MR) is 110 cm³/mol. The number of aromatic nitrogens is 2. The van der Waals surface area contributed by atoms with Gasteiger partial charge in [-0.25, -0.2) is 0 Å². The molecule has 0 atom stereocenters. The zero-order valence-electron chi connectivity index (χ0n) is 16.2. The fraction of sp³-hybridized carbons (Fsp3) is 0.409. The van der Waals surface area contributed by atoms with Crippen LogP contribution >= 0.6 is 11.6 Å². The van der Waals surface area contributed by atoms with Crippen LogP contribution in [0.5, 0.6) is 0 Å². The number of ether oxygens (including phenoxy) is 2. The molecule has 0 radical (unpaired) electrons. The van der Waals surface area contributed by atoms with E-state index in [9.17, 15) is 0 Å². The monoisotopic (exact) mass is 397 g/mol. The van der Waals surface area contributed by atoms with Crippen LogP contribution in [-0.2, 0) is 34.8 Å². The molecule has 0 spiro atoms. The molecule has 0 saturated carbocycles. The molecule has 0 aliphatic carbocycles. The van der Waals surface area contributed by atoms with Crippen LogP contribution in [0.25, 0.3) is 10.9 Å². The number of aryl methyl sites for hydroxylation is 1. The van der Waals surface area contributed by atoms with Crippen molar-refractivity contribution in [2.24, 2.45) is 0 Å². The summed E-state index contributed by atoms with van der Waals surface area (Å²) in [5.74, 6) is -0.809. The number of hydrogen-bond donors (Lipinski definition) is 0. The highest BCUT2D eigenvalue weighted by atomic mass is 35.5. The van der Waals surface area contributed by atoms with E-state index in [1.165, 1.54) is 22.2 Å². The molecule has 28 heavy (non-hydrogen) atoms. The molecule has 2 aliphatic rings. The van der Waals surface area contributed by atoms with Crippen LogP contribution in [0, 0.1) is 6.92 Å². The zero-order chi connectivity index (χ0) is 19.3. The van der Waals surface area contributed by atoms with Gasteiger partial charge in [0.15, 0.2) is 0 Å². The van der Waals surface area contributed by atoms with Crippen LogP contribution in [0.4, 0.5) is 0 Å². The normalized spacial score (nSPS) is 19.2. The minimum absolute atomic E-state index is 0.584. The smallest absolute Gasteiger partial charge is 0.215 e. The van der Waals surface area contributed by atoms with E-state index in [4.69, 9.17) is 21.1 Å². The van der Waals surface area contributed by atoms with Crippen LogP contribution in [0.1, 0.15) is 22.5 Å². The van der Waals surface area contributed by atoms with E-state index >= 15 is 0 Å². The van der Waals surface area contributed by atoms with Crippen LogP contribution < -0.4 is 0 Å². The number of halogens is 1. The Bertz CT molecular complexity index is 1020. The van der Waals surface area contributed by atoms with E-state index in [1.54, 1.807) is 0 Å². The van der Waals surface area contributed by atoms with Crippen LogP contribution in [0.3, 0.4) is 0 Å². The van der Waals surface area contributed by atoms with Gasteiger partial charge in [-0.05, 0) is 50.2 Å². The average molecular weight is 398 g/mol. The molecular formula is C22H24ClN3O2. The van der Waals surface area contributed by atoms with Gasteiger partial charge in [-0.3, -0.25) is 4.98 Å². The fourth-order valence-corrected chi connectivity index (χ4v) is 4.60. The van der Waals surface area contributed by atoms with Crippen LogP contribution in [0.2, 0.25) is 5.02 Å². The fourth-order valence-electron chi connectivity index (χ4n) is 4.43. The highest BCUT2D eigenvalue weighted by Gasteiger charge is 2.41. The summed E-state index contributed by atoms with van der Waals surface area (Å²) >= 11 is 6.33. The number of hydrogen-bond acceptors (Lipinski definition) is 4. The van der Waals surface area contributed by atoms with Gasteiger partial charge in [0.1, 0.15) is 0 Å². The summed E-state index contributed by atoms with van der Waals surface area (Å²) in [4.78, 5) is 6.83. The van der Waals surface area contributed by atoms with Gasteiger partial charge in [0.2, 0.25) is 5.79 Å². The Kier molecular flexibility index (Phi) is 4.43. The molecule has 1 fully saturated rings. The molecule has 146 valence electrons. The van der Waals surface area contributed by atoms with Crippen molar-refractivity contribution in [1.29, 1.82) is 0 Å². The van der Waals surface area contributed by atoms with E-state index in [1.807, 2.05) is 25.3 Å². The summed E-state index contributed by atoms with van der Waals surface area (Å²) in [6, 6.07) is 10.2. The van der Waals surface area contributed by atoms with Crippen molar-refractivity contribution in [2.45, 2.75) is 32.2 Å². The second-order valence-electron chi connectivity index (χ2n) is 7.80. The molecule has 1 saturated heterocycles. The Morgan fingerprint density at radius 3 is 2.75 bits per heavy atom. The van der Waals surface area contributed by atoms with Crippen LogP contribution in [-0.4, -0.2) is 41.3 Å². The average Bonchev–Trinajstić information content (AvgIpc) is 3.27. The van der Waals surface area contributed by atoms with Crippen LogP contribution in [0.15, 0.2) is 36.5 Å². The number of fused-ring (bicyclic) bond motifs is 3. The van der Waals surface area contributed by atoms with Gasteiger partial charge in [-0.1, -0.05) is 17.7 Å². The molecule has 0 N–H and O–H groups in total. The predicted octanol–water partition coefficient (Wildman–Crippen LogP) is 3.89. The van der Waals surface area contributed by atoms with Crippen molar-refractivity contribution in [3.63, 3.8) is 0 Å². The first kappa shape index (κ1) is 18.1. The van der Waals surface area contributed by atoms with Gasteiger partial charge < -0.3 is 18.9 Å². The molecule has 2 aromatic heterocycles. The van der Waals surface area contributed by atoms with E-state index in [-0.39, 0.29) is 0 Å². The lowest BCUT2D eigenvalue weighted by atomic mass is 10.0. The van der Waals surface area contributed by atoms with Gasteiger partial charge in [0.05, 0.1) is 19.8 Å². The van der Waals surface area contributed by atoms with E-state index < -0.39 is 5.79 Å². The van der Waals surface area contributed by atoms with Gasteiger partial charge in [0, 0.05) is 52.2 Å². The van der Waals surface area contributed by atoms with E-state index in [0.717, 1.165) is 35.8 Å². The molecule has 3 aromatic rings. The maximum Gasteiger partial charge on any atom is 0.215 e. The first-order valence-electron chi connectivity index (χ1n) is 9.75. The van der Waals surface area contributed by atoms with Crippen molar-refractivity contribution < 1.29 is 9.47 Å². The molecule has 0 bridgehead atoms. The highest BCUT2D eigenvalue weighted by Crippen LogP contribution is 2.38. The second kappa shape index (κ2) is 6.85. The van der Waals surface area contributed by atoms with Crippen molar-refractivity contribution in [3.05, 3.63) is 64.1 Å². The van der Waals surface area contributed by atoms with Crippen molar-refractivity contribution in [2.75, 3.05) is 26.8 Å². The highest BCUT2D eigenvalue weighted by molar-refractivity contribution is 6.31.